The summed E-state index contributed by atoms with van der Waals surface area (Å²) in [5.41, 5.74) is 1.10. The van der Waals surface area contributed by atoms with Crippen LogP contribution in [0.4, 0.5) is 11.5 Å². The number of hydrogen-bond acceptors (Lipinski definition) is 5. The maximum absolute atomic E-state index is 12.8. The van der Waals surface area contributed by atoms with E-state index in [0.717, 1.165) is 32.0 Å². The summed E-state index contributed by atoms with van der Waals surface area (Å²) in [6.45, 7) is 7.69. The molecule has 0 bridgehead atoms. The van der Waals surface area contributed by atoms with E-state index in [1.54, 1.807) is 24.4 Å². The molecule has 7 nitrogen and oxygen atoms in total. The standard InChI is InChI=1S/C22H28BrN5O2/c1-15(2)20(26-21(29)17-6-4-5-7-18(17)23)22(30)25-16-8-9-19(24-14-16)28-12-10-27(3)11-13-28/h4-9,14-15,20H,10-13H2,1-3H3,(H,25,30)(H,26,29). The van der Waals surface area contributed by atoms with E-state index in [1.807, 2.05) is 32.0 Å². The molecule has 2 amide bonds. The number of nitrogens with zero attached hydrogens (tertiary/aromatic N) is 3. The lowest BCUT2D eigenvalue weighted by atomic mass is 10.0. The Morgan fingerprint density at radius 1 is 1.07 bits per heavy atom. The van der Waals surface area contributed by atoms with Crippen molar-refractivity contribution in [2.24, 2.45) is 5.92 Å². The highest BCUT2D eigenvalue weighted by atomic mass is 79.9. The third-order valence-electron chi connectivity index (χ3n) is 5.20. The van der Waals surface area contributed by atoms with Gasteiger partial charge in [-0.3, -0.25) is 9.59 Å². The highest BCUT2D eigenvalue weighted by Crippen LogP contribution is 2.18. The molecular weight excluding hydrogens is 446 g/mol. The van der Waals surface area contributed by atoms with Crippen molar-refractivity contribution in [1.29, 1.82) is 0 Å². The first-order chi connectivity index (χ1) is 14.3. The zero-order valence-corrected chi connectivity index (χ0v) is 19.1. The van der Waals surface area contributed by atoms with Gasteiger partial charge in [0.25, 0.3) is 5.91 Å². The largest absolute Gasteiger partial charge is 0.354 e. The van der Waals surface area contributed by atoms with Gasteiger partial charge < -0.3 is 20.4 Å². The first-order valence-electron chi connectivity index (χ1n) is 10.1. The van der Waals surface area contributed by atoms with Gasteiger partial charge in [0.05, 0.1) is 17.4 Å². The molecule has 2 heterocycles. The van der Waals surface area contributed by atoms with E-state index in [2.05, 4.69) is 48.4 Å². The average molecular weight is 474 g/mol. The minimum atomic E-state index is -0.665. The summed E-state index contributed by atoms with van der Waals surface area (Å²) in [5, 5.41) is 5.72. The molecule has 1 aromatic heterocycles. The Balaban J connectivity index is 1.63. The van der Waals surface area contributed by atoms with Crippen molar-refractivity contribution in [3.8, 4) is 0 Å². The summed E-state index contributed by atoms with van der Waals surface area (Å²) in [6, 6.07) is 10.3. The summed E-state index contributed by atoms with van der Waals surface area (Å²) in [6.07, 6.45) is 1.67. The number of nitrogens with one attached hydrogen (secondary N) is 2. The SMILES string of the molecule is CC(C)C(NC(=O)c1ccccc1Br)C(=O)Nc1ccc(N2CCN(C)CC2)nc1. The van der Waals surface area contributed by atoms with Crippen molar-refractivity contribution < 1.29 is 9.59 Å². The second kappa shape index (κ2) is 10.0. The maximum Gasteiger partial charge on any atom is 0.253 e. The average Bonchev–Trinajstić information content (AvgIpc) is 2.73. The van der Waals surface area contributed by atoms with Crippen LogP contribution in [0, 0.1) is 5.92 Å². The van der Waals surface area contributed by atoms with Gasteiger partial charge in [-0.15, -0.1) is 0 Å². The molecule has 1 saturated heterocycles. The lowest BCUT2D eigenvalue weighted by Gasteiger charge is -2.33. The molecule has 160 valence electrons. The first-order valence-corrected chi connectivity index (χ1v) is 10.9. The molecule has 8 heteroatoms. The number of anilines is 2. The van der Waals surface area contributed by atoms with Crippen molar-refractivity contribution in [3.05, 3.63) is 52.6 Å². The third kappa shape index (κ3) is 5.58. The van der Waals surface area contributed by atoms with E-state index in [0.29, 0.717) is 15.7 Å². The van der Waals surface area contributed by atoms with Crippen LogP contribution in [0.2, 0.25) is 0 Å². The number of benzene rings is 1. The van der Waals surface area contributed by atoms with Crippen molar-refractivity contribution in [2.45, 2.75) is 19.9 Å². The Kier molecular flexibility index (Phi) is 7.44. The van der Waals surface area contributed by atoms with E-state index in [1.165, 1.54) is 0 Å². The van der Waals surface area contributed by atoms with E-state index >= 15 is 0 Å². The number of rotatable bonds is 6. The first kappa shape index (κ1) is 22.2. The minimum Gasteiger partial charge on any atom is -0.354 e. The summed E-state index contributed by atoms with van der Waals surface area (Å²) < 4.78 is 0.689. The van der Waals surface area contributed by atoms with Gasteiger partial charge in [-0.2, -0.15) is 0 Å². The predicted molar refractivity (Wildman–Crippen MR) is 123 cm³/mol. The zero-order chi connectivity index (χ0) is 21.7. The number of aromatic nitrogens is 1. The Bertz CT molecular complexity index is 879. The lowest BCUT2D eigenvalue weighted by molar-refractivity contribution is -0.118. The van der Waals surface area contributed by atoms with Gasteiger partial charge in [-0.05, 0) is 53.2 Å². The van der Waals surface area contributed by atoms with Crippen LogP contribution in [0.25, 0.3) is 0 Å². The van der Waals surface area contributed by atoms with Crippen molar-refractivity contribution >= 4 is 39.2 Å². The van der Waals surface area contributed by atoms with Crippen LogP contribution in [0.15, 0.2) is 47.1 Å². The molecule has 1 aliphatic rings. The summed E-state index contributed by atoms with van der Waals surface area (Å²) in [7, 11) is 2.11. The van der Waals surface area contributed by atoms with Crippen LogP contribution in [-0.4, -0.2) is 61.0 Å². The normalized spacial score (nSPS) is 15.7. The fraction of sp³-hybridized carbons (Fsp3) is 0.409. The van der Waals surface area contributed by atoms with Crippen molar-refractivity contribution in [1.82, 2.24) is 15.2 Å². The van der Waals surface area contributed by atoms with Crippen molar-refractivity contribution in [3.63, 3.8) is 0 Å². The minimum absolute atomic E-state index is 0.0750. The molecule has 30 heavy (non-hydrogen) atoms. The third-order valence-corrected chi connectivity index (χ3v) is 5.89. The molecule has 1 fully saturated rings. The van der Waals surface area contributed by atoms with Gasteiger partial charge in [0.2, 0.25) is 5.91 Å². The molecular formula is C22H28BrN5O2. The van der Waals surface area contributed by atoms with Crippen LogP contribution < -0.4 is 15.5 Å². The quantitative estimate of drug-likeness (QED) is 0.674. The van der Waals surface area contributed by atoms with Crippen LogP contribution in [0.1, 0.15) is 24.2 Å². The highest BCUT2D eigenvalue weighted by Gasteiger charge is 2.25. The Morgan fingerprint density at radius 2 is 1.77 bits per heavy atom. The van der Waals surface area contributed by atoms with Crippen LogP contribution in [0.3, 0.4) is 0 Å². The second-order valence-electron chi connectivity index (χ2n) is 7.86. The van der Waals surface area contributed by atoms with Gasteiger partial charge in [0, 0.05) is 30.7 Å². The fourth-order valence-electron chi connectivity index (χ4n) is 3.30. The second-order valence-corrected chi connectivity index (χ2v) is 8.71. The molecule has 0 saturated carbocycles. The number of halogens is 1. The molecule has 1 aromatic carbocycles. The number of hydrogen-bond donors (Lipinski definition) is 2. The molecule has 1 atom stereocenters. The van der Waals surface area contributed by atoms with Crippen LogP contribution in [-0.2, 0) is 4.79 Å². The molecule has 2 N–H and O–H groups in total. The van der Waals surface area contributed by atoms with E-state index in [9.17, 15) is 9.59 Å². The predicted octanol–water partition coefficient (Wildman–Crippen LogP) is 2.99. The number of amides is 2. The molecule has 0 radical (unpaired) electrons. The number of pyridine rings is 1. The maximum atomic E-state index is 12.8. The van der Waals surface area contributed by atoms with Gasteiger partial charge in [0.15, 0.2) is 0 Å². The number of likely N-dealkylation sites (N-methyl/N-ethyl adjacent to an activating group) is 1. The lowest BCUT2D eigenvalue weighted by Crippen LogP contribution is -2.47. The van der Waals surface area contributed by atoms with Crippen LogP contribution in [0.5, 0.6) is 0 Å². The van der Waals surface area contributed by atoms with E-state index in [-0.39, 0.29) is 17.7 Å². The Morgan fingerprint density at radius 3 is 2.37 bits per heavy atom. The van der Waals surface area contributed by atoms with E-state index < -0.39 is 6.04 Å². The smallest absolute Gasteiger partial charge is 0.253 e. The molecule has 0 spiro atoms. The molecule has 3 rings (SSSR count). The van der Waals surface area contributed by atoms with Crippen molar-refractivity contribution in [2.75, 3.05) is 43.4 Å². The summed E-state index contributed by atoms with van der Waals surface area (Å²) >= 11 is 3.38. The van der Waals surface area contributed by atoms with Gasteiger partial charge in [-0.1, -0.05) is 26.0 Å². The highest BCUT2D eigenvalue weighted by molar-refractivity contribution is 9.10. The molecule has 2 aromatic rings. The van der Waals surface area contributed by atoms with Gasteiger partial charge in [0.1, 0.15) is 11.9 Å². The number of piperazine rings is 1. The number of carbonyl (C=O) groups is 2. The fourth-order valence-corrected chi connectivity index (χ4v) is 3.77. The van der Waals surface area contributed by atoms with Gasteiger partial charge in [-0.25, -0.2) is 4.98 Å². The summed E-state index contributed by atoms with van der Waals surface area (Å²) in [5.74, 6) is 0.275. The topological polar surface area (TPSA) is 77.6 Å². The molecule has 0 aliphatic carbocycles. The molecule has 1 unspecified atom stereocenters. The molecule has 1 aliphatic heterocycles. The zero-order valence-electron chi connectivity index (χ0n) is 17.6. The number of carbonyl (C=O) groups excluding carboxylic acids is 2. The monoisotopic (exact) mass is 473 g/mol. The van der Waals surface area contributed by atoms with E-state index in [4.69, 9.17) is 0 Å². The Labute approximate surface area is 186 Å². The van der Waals surface area contributed by atoms with Gasteiger partial charge >= 0.3 is 0 Å². The summed E-state index contributed by atoms with van der Waals surface area (Å²) in [4.78, 5) is 34.5. The van der Waals surface area contributed by atoms with Crippen LogP contribution >= 0.6 is 15.9 Å². The Hall–Kier alpha value is -2.45.